The Kier molecular flexibility index (Phi) is 5.45. The fraction of sp³-hybridized carbons (Fsp3) is 0.533. The molecule has 0 heterocycles. The number of nitrogens with one attached hydrogen (secondary N) is 1. The van der Waals surface area contributed by atoms with Crippen LogP contribution in [0.3, 0.4) is 0 Å². The number of alkyl carbamates (subject to hydrolysis) is 1. The van der Waals surface area contributed by atoms with E-state index in [0.29, 0.717) is 5.56 Å². The maximum atomic E-state index is 12.9. The number of amides is 1. The molecule has 124 valence electrons. The predicted molar refractivity (Wildman–Crippen MR) is 77.3 cm³/mol. The van der Waals surface area contributed by atoms with Gasteiger partial charge in [0.2, 0.25) is 0 Å². The van der Waals surface area contributed by atoms with Crippen molar-refractivity contribution >= 4 is 6.09 Å². The van der Waals surface area contributed by atoms with Crippen molar-refractivity contribution in [1.29, 1.82) is 0 Å². The van der Waals surface area contributed by atoms with Gasteiger partial charge in [0.05, 0.1) is 5.56 Å². The molecule has 1 rings (SSSR count). The number of halogens is 3. The maximum Gasteiger partial charge on any atom is 0.416 e. The monoisotopic (exact) mass is 318 g/mol. The molecule has 22 heavy (non-hydrogen) atoms. The summed E-state index contributed by atoms with van der Waals surface area (Å²) in [4.78, 5) is 11.5. The van der Waals surface area contributed by atoms with E-state index in [0.717, 1.165) is 6.07 Å². The number of rotatable bonds is 3. The molecule has 0 saturated heterocycles. The number of hydrogen-bond donors (Lipinski definition) is 2. The van der Waals surface area contributed by atoms with Gasteiger partial charge in [0.25, 0.3) is 0 Å². The Bertz CT molecular complexity index is 537. The maximum absolute atomic E-state index is 12.9. The largest absolute Gasteiger partial charge is 0.444 e. The lowest BCUT2D eigenvalue weighted by Gasteiger charge is -2.21. The molecule has 1 unspecified atom stereocenters. The summed E-state index contributed by atoms with van der Waals surface area (Å²) in [6.07, 6.45) is -5.09. The fourth-order valence-corrected chi connectivity index (χ4v) is 1.80. The highest BCUT2D eigenvalue weighted by Crippen LogP contribution is 2.33. The first kappa shape index (κ1) is 18.3. The van der Waals surface area contributed by atoms with E-state index < -0.39 is 29.5 Å². The van der Waals surface area contributed by atoms with Crippen LogP contribution in [-0.4, -0.2) is 18.2 Å². The molecule has 1 aromatic rings. The van der Waals surface area contributed by atoms with Crippen LogP contribution in [0.2, 0.25) is 0 Å². The molecule has 0 aliphatic carbocycles. The lowest BCUT2D eigenvalue weighted by atomic mass is 10.0. The van der Waals surface area contributed by atoms with Crippen molar-refractivity contribution in [3.8, 4) is 0 Å². The van der Waals surface area contributed by atoms with Gasteiger partial charge in [-0.15, -0.1) is 0 Å². The second-order valence-corrected chi connectivity index (χ2v) is 6.06. The Hall–Kier alpha value is -1.76. The van der Waals surface area contributed by atoms with Gasteiger partial charge in [0.1, 0.15) is 5.60 Å². The molecule has 1 amide bonds. The number of carbonyl (C=O) groups is 1. The van der Waals surface area contributed by atoms with Gasteiger partial charge < -0.3 is 15.8 Å². The summed E-state index contributed by atoms with van der Waals surface area (Å²) in [6, 6.07) is 3.14. The van der Waals surface area contributed by atoms with E-state index in [-0.39, 0.29) is 12.1 Å². The van der Waals surface area contributed by atoms with E-state index in [9.17, 15) is 18.0 Å². The summed E-state index contributed by atoms with van der Waals surface area (Å²) in [6.45, 7) is 6.50. The Labute approximate surface area is 127 Å². The van der Waals surface area contributed by atoms with Gasteiger partial charge in [-0.2, -0.15) is 13.2 Å². The Morgan fingerprint density at radius 3 is 2.41 bits per heavy atom. The molecular weight excluding hydrogens is 297 g/mol. The van der Waals surface area contributed by atoms with Crippen molar-refractivity contribution in [2.24, 2.45) is 5.73 Å². The number of ether oxygens (including phenoxy) is 1. The number of carbonyl (C=O) groups excluding carboxylic acids is 1. The lowest BCUT2D eigenvalue weighted by Crippen LogP contribution is -2.36. The third-order valence-corrected chi connectivity index (χ3v) is 2.86. The number of benzene rings is 1. The average molecular weight is 318 g/mol. The number of nitrogens with two attached hydrogens (primary N) is 1. The molecule has 0 aliphatic rings. The summed E-state index contributed by atoms with van der Waals surface area (Å²) in [5.74, 6) is 0. The second-order valence-electron chi connectivity index (χ2n) is 6.06. The van der Waals surface area contributed by atoms with E-state index in [4.69, 9.17) is 10.5 Å². The Balaban J connectivity index is 2.75. The molecule has 1 atom stereocenters. The smallest absolute Gasteiger partial charge is 0.416 e. The van der Waals surface area contributed by atoms with Crippen molar-refractivity contribution in [3.63, 3.8) is 0 Å². The molecule has 4 nitrogen and oxygen atoms in total. The SMILES string of the molecule is Cc1ccc(C(N)CNC(=O)OC(C)(C)C)cc1C(F)(F)F. The van der Waals surface area contributed by atoms with Gasteiger partial charge in [-0.25, -0.2) is 4.79 Å². The van der Waals surface area contributed by atoms with Crippen LogP contribution in [0, 0.1) is 6.92 Å². The molecule has 0 aliphatic heterocycles. The minimum atomic E-state index is -4.43. The van der Waals surface area contributed by atoms with Crippen molar-refractivity contribution < 1.29 is 22.7 Å². The first-order valence-corrected chi connectivity index (χ1v) is 6.80. The van der Waals surface area contributed by atoms with Crippen LogP contribution < -0.4 is 11.1 Å². The summed E-state index contributed by atoms with van der Waals surface area (Å²) >= 11 is 0. The number of aryl methyl sites for hydroxylation is 1. The highest BCUT2D eigenvalue weighted by Gasteiger charge is 2.32. The van der Waals surface area contributed by atoms with Gasteiger partial charge in [-0.3, -0.25) is 0 Å². The lowest BCUT2D eigenvalue weighted by molar-refractivity contribution is -0.138. The quantitative estimate of drug-likeness (QED) is 0.896. The van der Waals surface area contributed by atoms with Gasteiger partial charge in [-0.05, 0) is 44.9 Å². The highest BCUT2D eigenvalue weighted by molar-refractivity contribution is 5.67. The topological polar surface area (TPSA) is 64.3 Å². The van der Waals surface area contributed by atoms with Crippen LogP contribution in [0.25, 0.3) is 0 Å². The van der Waals surface area contributed by atoms with Crippen LogP contribution in [0.5, 0.6) is 0 Å². The fourth-order valence-electron chi connectivity index (χ4n) is 1.80. The summed E-state index contributed by atoms with van der Waals surface area (Å²) in [7, 11) is 0. The Morgan fingerprint density at radius 1 is 1.32 bits per heavy atom. The predicted octanol–water partition coefficient (Wildman–Crippen LogP) is 3.54. The molecule has 1 aromatic carbocycles. The number of hydrogen-bond acceptors (Lipinski definition) is 3. The van der Waals surface area contributed by atoms with E-state index in [1.165, 1.54) is 19.1 Å². The van der Waals surface area contributed by atoms with Crippen LogP contribution in [0.1, 0.15) is 43.5 Å². The van der Waals surface area contributed by atoms with Crippen molar-refractivity contribution in [1.82, 2.24) is 5.32 Å². The van der Waals surface area contributed by atoms with Gasteiger partial charge >= 0.3 is 12.3 Å². The van der Waals surface area contributed by atoms with E-state index in [1.807, 2.05) is 0 Å². The van der Waals surface area contributed by atoms with Gasteiger partial charge in [0.15, 0.2) is 0 Å². The second kappa shape index (κ2) is 6.56. The average Bonchev–Trinajstić information content (AvgIpc) is 2.33. The van der Waals surface area contributed by atoms with Crippen LogP contribution >= 0.6 is 0 Å². The summed E-state index contributed by atoms with van der Waals surface area (Å²) in [5, 5.41) is 2.44. The summed E-state index contributed by atoms with van der Waals surface area (Å²) in [5.41, 5.74) is 4.88. The third kappa shape index (κ3) is 5.55. The zero-order valence-corrected chi connectivity index (χ0v) is 13.0. The van der Waals surface area contributed by atoms with E-state index in [1.54, 1.807) is 20.8 Å². The van der Waals surface area contributed by atoms with Crippen molar-refractivity contribution in [2.45, 2.75) is 45.5 Å². The standard InChI is InChI=1S/C15H21F3N2O2/c1-9-5-6-10(7-11(9)15(16,17)18)12(19)8-20-13(21)22-14(2,3)4/h5-7,12H,8,19H2,1-4H3,(H,20,21). The normalized spacial score (nSPS) is 13.6. The zero-order chi connectivity index (χ0) is 17.1. The van der Waals surface area contributed by atoms with Crippen LogP contribution in [0.4, 0.5) is 18.0 Å². The molecule has 7 heteroatoms. The van der Waals surface area contributed by atoms with Gasteiger partial charge in [-0.1, -0.05) is 12.1 Å². The van der Waals surface area contributed by atoms with Crippen LogP contribution in [0.15, 0.2) is 18.2 Å². The third-order valence-electron chi connectivity index (χ3n) is 2.86. The molecule has 0 aromatic heterocycles. The molecule has 0 saturated carbocycles. The molecule has 0 radical (unpaired) electrons. The van der Waals surface area contributed by atoms with Gasteiger partial charge in [0, 0.05) is 12.6 Å². The van der Waals surface area contributed by atoms with Crippen molar-refractivity contribution in [2.75, 3.05) is 6.54 Å². The van der Waals surface area contributed by atoms with Crippen LogP contribution in [-0.2, 0) is 10.9 Å². The Morgan fingerprint density at radius 2 is 1.91 bits per heavy atom. The van der Waals surface area contributed by atoms with Crippen molar-refractivity contribution in [3.05, 3.63) is 34.9 Å². The summed E-state index contributed by atoms with van der Waals surface area (Å²) < 4.78 is 43.6. The molecule has 0 fully saturated rings. The zero-order valence-electron chi connectivity index (χ0n) is 13.0. The molecular formula is C15H21F3N2O2. The molecule has 3 N–H and O–H groups in total. The first-order chi connectivity index (χ1) is 9.90. The molecule has 0 spiro atoms. The minimum Gasteiger partial charge on any atom is -0.444 e. The van der Waals surface area contributed by atoms with E-state index >= 15 is 0 Å². The minimum absolute atomic E-state index is 0.0186. The molecule has 0 bridgehead atoms. The number of alkyl halides is 3. The highest BCUT2D eigenvalue weighted by atomic mass is 19.4. The van der Waals surface area contributed by atoms with E-state index in [2.05, 4.69) is 5.32 Å². The first-order valence-electron chi connectivity index (χ1n) is 6.80.